The maximum absolute atomic E-state index is 10.5. The molecule has 6 heteroatoms. The van der Waals surface area contributed by atoms with Crippen LogP contribution in [0.4, 0.5) is 17.1 Å². The summed E-state index contributed by atoms with van der Waals surface area (Å²) >= 11 is 0. The van der Waals surface area contributed by atoms with E-state index in [0.29, 0.717) is 0 Å². The summed E-state index contributed by atoms with van der Waals surface area (Å²) in [5.41, 5.74) is 5.55. The normalized spacial score (nSPS) is 12.5. The minimum Gasteiger partial charge on any atom is -0.456 e. The summed E-state index contributed by atoms with van der Waals surface area (Å²) < 4.78 is 18.4. The molecule has 1 N–H and O–H groups in total. The van der Waals surface area contributed by atoms with Crippen LogP contribution in [0.3, 0.4) is 0 Å². The molecule has 2 heterocycles. The molecular formula is C36H31BNO4. The number of anilines is 3. The van der Waals surface area contributed by atoms with Crippen molar-refractivity contribution in [1.82, 2.24) is 0 Å². The first-order chi connectivity index (χ1) is 20.2. The third-order valence-electron chi connectivity index (χ3n) is 8.35. The highest BCUT2D eigenvalue weighted by molar-refractivity contribution is 6.47. The number of rotatable bonds is 7. The average molecular weight is 552 g/mol. The molecule has 0 saturated carbocycles. The first-order valence-electron chi connectivity index (χ1n) is 14.1. The lowest BCUT2D eigenvalue weighted by atomic mass is 9.82. The fraction of sp³-hybridized carbons (Fsp3) is 0.167. The quantitative estimate of drug-likeness (QED) is 0.200. The van der Waals surface area contributed by atoms with Gasteiger partial charge in [0.05, 0.1) is 11.2 Å². The van der Waals surface area contributed by atoms with Gasteiger partial charge in [-0.25, -0.2) is 0 Å². The van der Waals surface area contributed by atoms with Crippen LogP contribution in [0.5, 0.6) is 0 Å². The number of fused-ring (bicyclic) bond motifs is 6. The van der Waals surface area contributed by atoms with Crippen molar-refractivity contribution in [2.75, 3.05) is 4.90 Å². The fourth-order valence-electron chi connectivity index (χ4n) is 5.22. The molecule has 0 aliphatic heterocycles. The second-order valence-electron chi connectivity index (χ2n) is 11.8. The molecule has 0 amide bonds. The van der Waals surface area contributed by atoms with Crippen molar-refractivity contribution in [2.24, 2.45) is 0 Å². The van der Waals surface area contributed by atoms with Crippen molar-refractivity contribution in [2.45, 2.75) is 38.9 Å². The Labute approximate surface area is 245 Å². The van der Waals surface area contributed by atoms with Gasteiger partial charge in [-0.3, -0.25) is 0 Å². The molecule has 7 rings (SSSR count). The number of furan rings is 2. The van der Waals surface area contributed by atoms with E-state index in [2.05, 4.69) is 59.5 Å². The lowest BCUT2D eigenvalue weighted by Crippen LogP contribution is -2.49. The number of benzene rings is 5. The molecular weight excluding hydrogens is 521 g/mol. The predicted molar refractivity (Wildman–Crippen MR) is 173 cm³/mol. The van der Waals surface area contributed by atoms with E-state index >= 15 is 0 Å². The Balaban J connectivity index is 1.32. The minimum absolute atomic E-state index is 0.748. The third kappa shape index (κ3) is 4.53. The molecule has 0 bridgehead atoms. The molecule has 0 aliphatic rings. The van der Waals surface area contributed by atoms with Gasteiger partial charge in [-0.15, -0.1) is 0 Å². The first-order valence-corrected chi connectivity index (χ1v) is 14.1. The standard InChI is InChI=1S/C36H31BNO4/c1-35(2,39)36(3,4)42-37-23-13-15-24(16-14-23)38(25-18-20-33-30(21-25)28-10-6-8-12-32(28)40-33)26-17-19-29-27-9-5-7-11-31(27)41-34(29)22-26/h5-22,39H,1-4H3. The zero-order valence-corrected chi connectivity index (χ0v) is 24.1. The van der Waals surface area contributed by atoms with Crippen LogP contribution < -0.4 is 10.4 Å². The van der Waals surface area contributed by atoms with Gasteiger partial charge in [0, 0.05) is 44.7 Å². The molecule has 7 aromatic rings. The van der Waals surface area contributed by atoms with Crippen LogP contribution in [-0.4, -0.2) is 23.8 Å². The predicted octanol–water partition coefficient (Wildman–Crippen LogP) is 8.77. The van der Waals surface area contributed by atoms with Crippen LogP contribution in [0.25, 0.3) is 43.9 Å². The molecule has 0 fully saturated rings. The van der Waals surface area contributed by atoms with Gasteiger partial charge in [-0.2, -0.15) is 0 Å². The summed E-state index contributed by atoms with van der Waals surface area (Å²) in [6, 6.07) is 37.1. The Hall–Kier alpha value is -4.52. The van der Waals surface area contributed by atoms with Gasteiger partial charge < -0.3 is 23.5 Å². The van der Waals surface area contributed by atoms with Gasteiger partial charge in [0.2, 0.25) is 0 Å². The Morgan fingerprint density at radius 2 is 1.10 bits per heavy atom. The molecule has 0 unspecified atom stereocenters. The molecule has 2 aromatic heterocycles. The summed E-state index contributed by atoms with van der Waals surface area (Å²) in [6.45, 7) is 7.26. The van der Waals surface area contributed by atoms with E-state index in [1.54, 1.807) is 21.3 Å². The number of para-hydroxylation sites is 2. The Bertz CT molecular complexity index is 2060. The first kappa shape index (κ1) is 26.4. The lowest BCUT2D eigenvalue weighted by Gasteiger charge is -2.37. The summed E-state index contributed by atoms with van der Waals surface area (Å²) in [6.07, 6.45) is 0. The highest BCUT2D eigenvalue weighted by Crippen LogP contribution is 2.40. The summed E-state index contributed by atoms with van der Waals surface area (Å²) in [5.74, 6) is 0. The fourth-order valence-corrected chi connectivity index (χ4v) is 5.22. The number of hydrogen-bond donors (Lipinski definition) is 1. The van der Waals surface area contributed by atoms with E-state index in [-0.39, 0.29) is 0 Å². The van der Waals surface area contributed by atoms with E-state index in [9.17, 15) is 5.11 Å². The minimum atomic E-state index is -0.995. The highest BCUT2D eigenvalue weighted by Gasteiger charge is 2.35. The van der Waals surface area contributed by atoms with Crippen molar-refractivity contribution in [3.8, 4) is 0 Å². The Kier molecular flexibility index (Phi) is 6.15. The average Bonchev–Trinajstić information content (AvgIpc) is 3.54. The maximum Gasteiger partial charge on any atom is 0.330 e. The summed E-state index contributed by atoms with van der Waals surface area (Å²) in [5, 5.41) is 14.8. The van der Waals surface area contributed by atoms with Crippen molar-refractivity contribution in [3.63, 3.8) is 0 Å². The number of aliphatic hydroxyl groups is 1. The molecule has 42 heavy (non-hydrogen) atoms. The second-order valence-corrected chi connectivity index (χ2v) is 11.8. The summed E-state index contributed by atoms with van der Waals surface area (Å²) in [4.78, 5) is 2.22. The van der Waals surface area contributed by atoms with Gasteiger partial charge in [-0.05, 0) is 82.3 Å². The van der Waals surface area contributed by atoms with E-state index in [1.165, 1.54) is 0 Å². The molecule has 1 radical (unpaired) electrons. The van der Waals surface area contributed by atoms with E-state index in [4.69, 9.17) is 13.5 Å². The van der Waals surface area contributed by atoms with Crippen LogP contribution in [0.15, 0.2) is 118 Å². The van der Waals surface area contributed by atoms with Crippen LogP contribution in [-0.2, 0) is 4.65 Å². The topological polar surface area (TPSA) is 59.0 Å². The SMILES string of the molecule is CC(C)(O)C(C)(C)O[B]c1ccc(N(c2ccc3c(c2)oc2ccccc23)c2ccc3oc4ccccc4c3c2)cc1. The lowest BCUT2D eigenvalue weighted by molar-refractivity contribution is -0.0893. The maximum atomic E-state index is 10.5. The second kappa shape index (κ2) is 9.80. The van der Waals surface area contributed by atoms with E-state index in [0.717, 1.165) is 66.4 Å². The van der Waals surface area contributed by atoms with Crippen molar-refractivity contribution < 1.29 is 18.6 Å². The van der Waals surface area contributed by atoms with Crippen LogP contribution in [0.1, 0.15) is 27.7 Å². The Morgan fingerprint density at radius 3 is 1.79 bits per heavy atom. The molecule has 0 saturated heterocycles. The zero-order valence-electron chi connectivity index (χ0n) is 24.1. The monoisotopic (exact) mass is 552 g/mol. The van der Waals surface area contributed by atoms with E-state index in [1.807, 2.05) is 68.4 Å². The van der Waals surface area contributed by atoms with Crippen molar-refractivity contribution >= 4 is 73.9 Å². The van der Waals surface area contributed by atoms with Gasteiger partial charge in [0.1, 0.15) is 22.3 Å². The van der Waals surface area contributed by atoms with Gasteiger partial charge in [-0.1, -0.05) is 54.0 Å². The van der Waals surface area contributed by atoms with Crippen molar-refractivity contribution in [1.29, 1.82) is 0 Å². The summed E-state index contributed by atoms with van der Waals surface area (Å²) in [7, 11) is 1.70. The van der Waals surface area contributed by atoms with Gasteiger partial charge >= 0.3 is 7.48 Å². The molecule has 0 spiro atoms. The zero-order chi connectivity index (χ0) is 29.1. The van der Waals surface area contributed by atoms with Crippen molar-refractivity contribution in [3.05, 3.63) is 109 Å². The van der Waals surface area contributed by atoms with Crippen LogP contribution in [0.2, 0.25) is 0 Å². The number of hydrogen-bond acceptors (Lipinski definition) is 5. The largest absolute Gasteiger partial charge is 0.456 e. The molecule has 5 aromatic carbocycles. The van der Waals surface area contributed by atoms with Gasteiger partial charge in [0.15, 0.2) is 0 Å². The third-order valence-corrected chi connectivity index (χ3v) is 8.35. The highest BCUT2D eigenvalue weighted by atomic mass is 16.5. The smallest absolute Gasteiger partial charge is 0.330 e. The molecule has 0 aliphatic carbocycles. The Morgan fingerprint density at radius 1 is 0.571 bits per heavy atom. The van der Waals surface area contributed by atoms with Gasteiger partial charge in [0.25, 0.3) is 0 Å². The van der Waals surface area contributed by atoms with Crippen LogP contribution >= 0.6 is 0 Å². The number of nitrogens with zero attached hydrogens (tertiary/aromatic N) is 1. The molecule has 5 nitrogen and oxygen atoms in total. The molecule has 207 valence electrons. The van der Waals surface area contributed by atoms with Crippen LogP contribution in [0, 0.1) is 0 Å². The molecule has 0 atom stereocenters. The van der Waals surface area contributed by atoms with E-state index < -0.39 is 11.2 Å².